The fourth-order valence-corrected chi connectivity index (χ4v) is 4.93. The van der Waals surface area contributed by atoms with Crippen LogP contribution in [0, 0.1) is 0 Å². The van der Waals surface area contributed by atoms with Crippen LogP contribution in [0.3, 0.4) is 0 Å². The first-order valence-electron chi connectivity index (χ1n) is 7.96. The van der Waals surface area contributed by atoms with Crippen molar-refractivity contribution in [2.24, 2.45) is 0 Å². The lowest BCUT2D eigenvalue weighted by Gasteiger charge is -1.99. The van der Waals surface area contributed by atoms with Crippen molar-refractivity contribution in [2.75, 3.05) is 0 Å². The quantitative estimate of drug-likeness (QED) is 0.389. The van der Waals surface area contributed by atoms with Gasteiger partial charge in [0.05, 0.1) is 6.20 Å². The number of pyridine rings is 1. The Hall–Kier alpha value is -2.85. The van der Waals surface area contributed by atoms with E-state index in [1.807, 2.05) is 11.3 Å². The minimum atomic E-state index is 0.866. The fraction of sp³-hybridized carbons (Fsp3) is 0.0500. The molecule has 3 nitrogen and oxygen atoms in total. The Balaban J connectivity index is 1.71. The normalized spacial score (nSPS) is 12.8. The standard InChI is InChI=1S/C20H12N3S/c1-2-4-18-13(3-1)15-10-14-12(9-19(15)24-18)11-23-17(14)6-5-16-20(23)22-8-7-21-16/h1-10H,11H2/q+1. The van der Waals surface area contributed by atoms with Crippen molar-refractivity contribution >= 4 is 42.7 Å². The summed E-state index contributed by atoms with van der Waals surface area (Å²) in [7, 11) is 0. The van der Waals surface area contributed by atoms with E-state index in [0.717, 1.165) is 17.7 Å². The van der Waals surface area contributed by atoms with E-state index in [9.17, 15) is 0 Å². The second-order valence-electron chi connectivity index (χ2n) is 6.17. The van der Waals surface area contributed by atoms with Crippen LogP contribution < -0.4 is 4.57 Å². The maximum absolute atomic E-state index is 4.55. The highest BCUT2D eigenvalue weighted by atomic mass is 32.1. The number of hydrogen-bond acceptors (Lipinski definition) is 3. The largest absolute Gasteiger partial charge is 0.349 e. The molecule has 0 N–H and O–H groups in total. The van der Waals surface area contributed by atoms with E-state index in [1.54, 1.807) is 12.4 Å². The monoisotopic (exact) mass is 326 g/mol. The Bertz CT molecular complexity index is 1290. The Morgan fingerprint density at radius 2 is 1.79 bits per heavy atom. The SMILES string of the molecule is c1ccc2c(c1)sc1cc3c(cc12)-c1ccc2nccnc2[n+]1C3. The molecular weight excluding hydrogens is 314 g/mol. The number of aromatic nitrogens is 3. The topological polar surface area (TPSA) is 29.7 Å². The van der Waals surface area contributed by atoms with Gasteiger partial charge in [-0.3, -0.25) is 0 Å². The highest BCUT2D eigenvalue weighted by Gasteiger charge is 2.27. The molecule has 0 spiro atoms. The van der Waals surface area contributed by atoms with E-state index >= 15 is 0 Å². The number of hydrogen-bond donors (Lipinski definition) is 0. The lowest BCUT2D eigenvalue weighted by molar-refractivity contribution is -0.647. The first kappa shape index (κ1) is 12.6. The van der Waals surface area contributed by atoms with E-state index < -0.39 is 0 Å². The molecule has 0 saturated carbocycles. The molecule has 0 aliphatic carbocycles. The highest BCUT2D eigenvalue weighted by Crippen LogP contribution is 2.39. The molecule has 2 aromatic carbocycles. The van der Waals surface area contributed by atoms with Crippen LogP contribution in [0.1, 0.15) is 5.56 Å². The van der Waals surface area contributed by atoms with Gasteiger partial charge in [-0.05, 0) is 35.3 Å². The van der Waals surface area contributed by atoms with Crippen molar-refractivity contribution < 1.29 is 4.57 Å². The smallest absolute Gasteiger partial charge is 0.244 e. The highest BCUT2D eigenvalue weighted by molar-refractivity contribution is 7.25. The molecule has 24 heavy (non-hydrogen) atoms. The maximum Gasteiger partial charge on any atom is 0.349 e. The van der Waals surface area contributed by atoms with Crippen molar-refractivity contribution in [1.29, 1.82) is 0 Å². The number of fused-ring (bicyclic) bond motifs is 8. The molecule has 0 unspecified atom stereocenters. The molecule has 0 saturated heterocycles. The predicted molar refractivity (Wildman–Crippen MR) is 97.2 cm³/mol. The molecule has 1 aliphatic heterocycles. The molecule has 0 atom stereocenters. The van der Waals surface area contributed by atoms with Crippen molar-refractivity contribution in [3.63, 3.8) is 0 Å². The third-order valence-corrected chi connectivity index (χ3v) is 5.99. The summed E-state index contributed by atoms with van der Waals surface area (Å²) in [5, 5.41) is 2.70. The lowest BCUT2D eigenvalue weighted by Crippen LogP contribution is -2.34. The number of rotatable bonds is 0. The average Bonchev–Trinajstić information content (AvgIpc) is 3.17. The Labute approximate surface area is 141 Å². The second-order valence-corrected chi connectivity index (χ2v) is 7.26. The molecule has 1 aliphatic rings. The second kappa shape index (κ2) is 4.36. The van der Waals surface area contributed by atoms with Crippen LogP contribution >= 0.6 is 11.3 Å². The van der Waals surface area contributed by atoms with Gasteiger partial charge < -0.3 is 0 Å². The minimum Gasteiger partial charge on any atom is -0.244 e. The molecule has 4 heteroatoms. The van der Waals surface area contributed by atoms with Crippen LogP contribution in [0.2, 0.25) is 0 Å². The van der Waals surface area contributed by atoms with Gasteiger partial charge in [-0.25, -0.2) is 9.55 Å². The third kappa shape index (κ3) is 1.53. The summed E-state index contributed by atoms with van der Waals surface area (Å²) in [5.74, 6) is 0. The van der Waals surface area contributed by atoms with Gasteiger partial charge >= 0.3 is 5.65 Å². The molecule has 112 valence electrons. The van der Waals surface area contributed by atoms with Gasteiger partial charge in [0.15, 0.2) is 11.7 Å². The van der Waals surface area contributed by atoms with Crippen molar-refractivity contribution in [2.45, 2.75) is 6.54 Å². The first-order chi connectivity index (χ1) is 11.9. The van der Waals surface area contributed by atoms with Gasteiger partial charge in [-0.15, -0.1) is 11.3 Å². The van der Waals surface area contributed by atoms with Crippen molar-refractivity contribution in [1.82, 2.24) is 9.97 Å². The molecule has 4 heterocycles. The van der Waals surface area contributed by atoms with Crippen molar-refractivity contribution in [3.8, 4) is 11.3 Å². The Morgan fingerprint density at radius 3 is 2.79 bits per heavy atom. The van der Waals surface area contributed by atoms with Gasteiger partial charge in [0.2, 0.25) is 0 Å². The van der Waals surface area contributed by atoms with Crippen LogP contribution in [0.4, 0.5) is 0 Å². The zero-order chi connectivity index (χ0) is 15.7. The van der Waals surface area contributed by atoms with Gasteiger partial charge in [0.1, 0.15) is 12.2 Å². The third-order valence-electron chi connectivity index (χ3n) is 4.86. The Kier molecular flexibility index (Phi) is 2.28. The van der Waals surface area contributed by atoms with E-state index in [-0.39, 0.29) is 0 Å². The summed E-state index contributed by atoms with van der Waals surface area (Å²) in [6, 6.07) is 17.6. The minimum absolute atomic E-state index is 0.866. The predicted octanol–water partition coefficient (Wildman–Crippen LogP) is 4.31. The van der Waals surface area contributed by atoms with Crippen LogP contribution in [0.25, 0.3) is 42.6 Å². The van der Waals surface area contributed by atoms with E-state index in [2.05, 4.69) is 63.1 Å². The summed E-state index contributed by atoms with van der Waals surface area (Å²) >= 11 is 1.87. The van der Waals surface area contributed by atoms with E-state index in [0.29, 0.717) is 0 Å². The molecule has 6 rings (SSSR count). The summed E-state index contributed by atoms with van der Waals surface area (Å²) in [5.41, 5.74) is 5.82. The molecule has 3 aromatic heterocycles. The number of benzene rings is 2. The zero-order valence-corrected chi connectivity index (χ0v) is 13.5. The van der Waals surface area contributed by atoms with E-state index in [1.165, 1.54) is 37.0 Å². The van der Waals surface area contributed by atoms with Crippen LogP contribution in [0.5, 0.6) is 0 Å². The molecule has 5 aromatic rings. The van der Waals surface area contributed by atoms with Gasteiger partial charge in [-0.1, -0.05) is 18.2 Å². The van der Waals surface area contributed by atoms with Crippen LogP contribution in [0.15, 0.2) is 60.9 Å². The van der Waals surface area contributed by atoms with Gasteiger partial charge in [0.25, 0.3) is 0 Å². The summed E-state index contributed by atoms with van der Waals surface area (Å²) in [6.45, 7) is 0.866. The average molecular weight is 326 g/mol. The number of nitrogens with zero attached hydrogens (tertiary/aromatic N) is 3. The molecule has 0 amide bonds. The van der Waals surface area contributed by atoms with Crippen LogP contribution in [-0.4, -0.2) is 9.97 Å². The zero-order valence-electron chi connectivity index (χ0n) is 12.7. The summed E-state index contributed by atoms with van der Waals surface area (Å²) < 4.78 is 4.99. The molecular formula is C20H12N3S+. The summed E-state index contributed by atoms with van der Waals surface area (Å²) in [4.78, 5) is 8.97. The molecule has 0 fully saturated rings. The maximum atomic E-state index is 4.55. The van der Waals surface area contributed by atoms with E-state index in [4.69, 9.17) is 0 Å². The first-order valence-corrected chi connectivity index (χ1v) is 8.78. The van der Waals surface area contributed by atoms with Crippen LogP contribution in [-0.2, 0) is 6.54 Å². The molecule has 0 radical (unpaired) electrons. The fourth-order valence-electron chi connectivity index (χ4n) is 3.78. The van der Waals surface area contributed by atoms with Crippen molar-refractivity contribution in [3.05, 3.63) is 66.5 Å². The number of thiophene rings is 1. The van der Waals surface area contributed by atoms with Gasteiger partial charge in [0, 0.05) is 31.3 Å². The summed E-state index contributed by atoms with van der Waals surface area (Å²) in [6.07, 6.45) is 3.52. The lowest BCUT2D eigenvalue weighted by atomic mass is 10.0. The molecule has 0 bridgehead atoms. The Morgan fingerprint density at radius 1 is 0.875 bits per heavy atom. The van der Waals surface area contributed by atoms with Gasteiger partial charge in [-0.2, -0.15) is 0 Å².